The van der Waals surface area contributed by atoms with Crippen LogP contribution in [0.25, 0.3) is 40.0 Å². The zero-order valence-electron chi connectivity index (χ0n) is 18.8. The van der Waals surface area contributed by atoms with Gasteiger partial charge in [-0.1, -0.05) is 53.0 Å². The molecule has 0 aliphatic rings. The molecule has 1 amide bonds. The summed E-state index contributed by atoms with van der Waals surface area (Å²) in [5.74, 6) is 0.928. The molecule has 0 bridgehead atoms. The van der Waals surface area contributed by atoms with Gasteiger partial charge in [0.25, 0.3) is 0 Å². The van der Waals surface area contributed by atoms with Crippen LogP contribution in [-0.2, 0) is 4.79 Å². The number of nitrogens with one attached hydrogen (secondary N) is 2. The number of thiocarbonyl (C=S) groups is 1. The first kappa shape index (κ1) is 25.0. The van der Waals surface area contributed by atoms with Gasteiger partial charge in [0.2, 0.25) is 11.8 Å². The van der Waals surface area contributed by atoms with Gasteiger partial charge in [0, 0.05) is 17.3 Å². The predicted molar refractivity (Wildman–Crippen MR) is 152 cm³/mol. The highest BCUT2D eigenvalue weighted by Gasteiger charge is 2.14. The number of anilines is 1. The molecule has 0 aliphatic heterocycles. The second kappa shape index (κ2) is 10.8. The first-order valence-electron chi connectivity index (χ1n) is 10.9. The van der Waals surface area contributed by atoms with Gasteiger partial charge in [-0.3, -0.25) is 10.1 Å². The highest BCUT2D eigenvalue weighted by Crippen LogP contribution is 2.35. The SMILES string of the molecule is O=C(C=Cc1ccc(-c2cccc(Cl)c2Cl)o1)NC(=S)Nc1ccc(Cl)c(-c2nc3ccccc3o2)c1. The van der Waals surface area contributed by atoms with Crippen molar-refractivity contribution >= 4 is 80.9 Å². The minimum atomic E-state index is -0.440. The Morgan fingerprint density at radius 3 is 2.57 bits per heavy atom. The summed E-state index contributed by atoms with van der Waals surface area (Å²) in [5, 5.41) is 6.94. The topological polar surface area (TPSA) is 80.3 Å². The lowest BCUT2D eigenvalue weighted by Crippen LogP contribution is -2.32. The van der Waals surface area contributed by atoms with Gasteiger partial charge in [0.1, 0.15) is 17.0 Å². The number of furan rings is 1. The number of oxazole rings is 1. The van der Waals surface area contributed by atoms with Crippen LogP contribution in [0.3, 0.4) is 0 Å². The molecule has 3 aromatic carbocycles. The smallest absolute Gasteiger partial charge is 0.250 e. The summed E-state index contributed by atoms with van der Waals surface area (Å²) in [6.07, 6.45) is 2.83. The van der Waals surface area contributed by atoms with E-state index in [1.165, 1.54) is 12.2 Å². The quantitative estimate of drug-likeness (QED) is 0.164. The zero-order chi connectivity index (χ0) is 25.9. The number of carbonyl (C=O) groups excluding carboxylic acids is 1. The number of benzene rings is 3. The third-order valence-electron chi connectivity index (χ3n) is 5.23. The summed E-state index contributed by atoms with van der Waals surface area (Å²) in [4.78, 5) is 16.9. The third kappa shape index (κ3) is 5.70. The number of rotatable bonds is 5. The average molecular weight is 569 g/mol. The number of aromatic nitrogens is 1. The molecule has 37 heavy (non-hydrogen) atoms. The normalized spacial score (nSPS) is 11.2. The Kier molecular flexibility index (Phi) is 7.30. The number of amides is 1. The van der Waals surface area contributed by atoms with Crippen molar-refractivity contribution in [2.24, 2.45) is 0 Å². The zero-order valence-corrected chi connectivity index (χ0v) is 21.9. The first-order valence-corrected chi connectivity index (χ1v) is 12.4. The van der Waals surface area contributed by atoms with Crippen molar-refractivity contribution in [2.75, 3.05) is 5.32 Å². The van der Waals surface area contributed by atoms with E-state index in [0.29, 0.717) is 54.9 Å². The Hall–Kier alpha value is -3.62. The molecule has 5 aromatic rings. The standard InChI is InChI=1S/C27H16Cl3N3O3S/c28-19-11-8-15(14-18(19)26-32-21-6-1-2-7-23(21)36-26)31-27(37)33-24(34)13-10-16-9-12-22(35-16)17-4-3-5-20(29)25(17)30/h1-14H,(H2,31,33,34,37). The van der Waals surface area contributed by atoms with Crippen LogP contribution in [0.15, 0.2) is 87.7 Å². The fourth-order valence-electron chi connectivity index (χ4n) is 3.51. The second-order valence-corrected chi connectivity index (χ2v) is 9.36. The number of hydrogen-bond donors (Lipinski definition) is 2. The van der Waals surface area contributed by atoms with E-state index in [1.807, 2.05) is 24.3 Å². The summed E-state index contributed by atoms with van der Waals surface area (Å²) in [6, 6.07) is 21.3. The maximum atomic E-state index is 12.4. The lowest BCUT2D eigenvalue weighted by Gasteiger charge is -2.09. The average Bonchev–Trinajstić information content (AvgIpc) is 3.53. The summed E-state index contributed by atoms with van der Waals surface area (Å²) < 4.78 is 11.6. The maximum Gasteiger partial charge on any atom is 0.250 e. The number of halogens is 3. The molecule has 2 aromatic heterocycles. The van der Waals surface area contributed by atoms with Gasteiger partial charge in [-0.2, -0.15) is 0 Å². The van der Waals surface area contributed by atoms with Crippen LogP contribution in [0.1, 0.15) is 5.76 Å². The molecule has 0 unspecified atom stereocenters. The molecule has 0 saturated heterocycles. The largest absolute Gasteiger partial charge is 0.457 e. The molecule has 10 heteroatoms. The van der Waals surface area contributed by atoms with E-state index in [0.717, 1.165) is 5.52 Å². The monoisotopic (exact) mass is 567 g/mol. The van der Waals surface area contributed by atoms with E-state index in [9.17, 15) is 4.79 Å². The van der Waals surface area contributed by atoms with E-state index in [2.05, 4.69) is 15.6 Å². The molecule has 184 valence electrons. The van der Waals surface area contributed by atoms with Crippen molar-refractivity contribution in [2.45, 2.75) is 0 Å². The van der Waals surface area contributed by atoms with Gasteiger partial charge in [-0.15, -0.1) is 0 Å². The molecular weight excluding hydrogens is 553 g/mol. The molecule has 0 atom stereocenters. The van der Waals surface area contributed by atoms with Gasteiger partial charge < -0.3 is 14.2 Å². The number of hydrogen-bond acceptors (Lipinski definition) is 5. The number of nitrogens with zero attached hydrogens (tertiary/aromatic N) is 1. The molecular formula is C27H16Cl3N3O3S. The Balaban J connectivity index is 1.23. The van der Waals surface area contributed by atoms with Crippen molar-refractivity contribution in [3.05, 3.63) is 99.7 Å². The van der Waals surface area contributed by atoms with Crippen LogP contribution >= 0.6 is 47.0 Å². The predicted octanol–water partition coefficient (Wildman–Crippen LogP) is 8.24. The highest BCUT2D eigenvalue weighted by molar-refractivity contribution is 7.80. The summed E-state index contributed by atoms with van der Waals surface area (Å²) >= 11 is 24.0. The van der Waals surface area contributed by atoms with Crippen molar-refractivity contribution in [3.63, 3.8) is 0 Å². The lowest BCUT2D eigenvalue weighted by atomic mass is 10.2. The molecule has 0 saturated carbocycles. The molecule has 2 N–H and O–H groups in total. The van der Waals surface area contributed by atoms with Crippen LogP contribution in [0.5, 0.6) is 0 Å². The van der Waals surface area contributed by atoms with Gasteiger partial charge in [-0.05, 0) is 72.9 Å². The Morgan fingerprint density at radius 2 is 1.73 bits per heavy atom. The molecule has 0 spiro atoms. The fourth-order valence-corrected chi connectivity index (χ4v) is 4.32. The molecule has 6 nitrogen and oxygen atoms in total. The summed E-state index contributed by atoms with van der Waals surface area (Å²) in [7, 11) is 0. The van der Waals surface area contributed by atoms with Gasteiger partial charge in [0.05, 0.1) is 20.6 Å². The lowest BCUT2D eigenvalue weighted by molar-refractivity contribution is -0.115. The van der Waals surface area contributed by atoms with Gasteiger partial charge in [0.15, 0.2) is 10.7 Å². The fraction of sp³-hybridized carbons (Fsp3) is 0. The number of carbonyl (C=O) groups is 1. The van der Waals surface area contributed by atoms with Crippen LogP contribution in [0.4, 0.5) is 5.69 Å². The minimum absolute atomic E-state index is 0.103. The van der Waals surface area contributed by atoms with Crippen molar-refractivity contribution < 1.29 is 13.6 Å². The first-order chi connectivity index (χ1) is 17.9. The number of para-hydroxylation sites is 2. The second-order valence-electron chi connectivity index (χ2n) is 7.76. The van der Waals surface area contributed by atoms with Crippen molar-refractivity contribution in [1.29, 1.82) is 0 Å². The maximum absolute atomic E-state index is 12.4. The van der Waals surface area contributed by atoms with Crippen LogP contribution in [0.2, 0.25) is 15.1 Å². The Labute approximate surface area is 231 Å². The van der Waals surface area contributed by atoms with Crippen LogP contribution in [0, 0.1) is 0 Å². The molecule has 5 rings (SSSR count). The molecule has 0 fully saturated rings. The van der Waals surface area contributed by atoms with Crippen molar-refractivity contribution in [1.82, 2.24) is 10.3 Å². The van der Waals surface area contributed by atoms with E-state index in [1.54, 1.807) is 48.5 Å². The Bertz CT molecular complexity index is 1640. The minimum Gasteiger partial charge on any atom is -0.457 e. The van der Waals surface area contributed by atoms with E-state index < -0.39 is 5.91 Å². The molecule has 0 aliphatic carbocycles. The number of fused-ring (bicyclic) bond motifs is 1. The van der Waals surface area contributed by atoms with E-state index in [4.69, 9.17) is 55.9 Å². The van der Waals surface area contributed by atoms with Gasteiger partial charge >= 0.3 is 0 Å². The van der Waals surface area contributed by atoms with Crippen molar-refractivity contribution in [3.8, 4) is 22.8 Å². The van der Waals surface area contributed by atoms with Gasteiger partial charge in [-0.25, -0.2) is 4.98 Å². The summed E-state index contributed by atoms with van der Waals surface area (Å²) in [6.45, 7) is 0. The van der Waals surface area contributed by atoms with Crippen LogP contribution < -0.4 is 10.6 Å². The van der Waals surface area contributed by atoms with E-state index >= 15 is 0 Å². The molecule has 0 radical (unpaired) electrons. The highest BCUT2D eigenvalue weighted by atomic mass is 35.5. The van der Waals surface area contributed by atoms with E-state index in [-0.39, 0.29) is 5.11 Å². The van der Waals surface area contributed by atoms with Crippen LogP contribution in [-0.4, -0.2) is 16.0 Å². The third-order valence-corrected chi connectivity index (χ3v) is 6.58. The summed E-state index contributed by atoms with van der Waals surface area (Å²) in [5.41, 5.74) is 3.22. The Morgan fingerprint density at radius 1 is 0.892 bits per heavy atom. The molecule has 2 heterocycles.